The number of hydrogen-bond donors (Lipinski definition) is 1. The smallest absolute Gasteiger partial charge is 0.258 e. The number of nitrogens with one attached hydrogen (secondary N) is 1. The van der Waals surface area contributed by atoms with Crippen molar-refractivity contribution >= 4 is 22.5 Å². The second kappa shape index (κ2) is 6.61. The molecule has 0 aliphatic carbocycles. The molecule has 2 aromatic heterocycles. The molecule has 0 fully saturated rings. The number of ether oxygens (including phenoxy) is 1. The Morgan fingerprint density at radius 1 is 1.20 bits per heavy atom. The second-order valence-corrected chi connectivity index (χ2v) is 6.07. The number of rotatable bonds is 5. The van der Waals surface area contributed by atoms with E-state index in [4.69, 9.17) is 20.9 Å². The van der Waals surface area contributed by atoms with E-state index >= 15 is 0 Å². The number of aromatic nitrogens is 3. The second-order valence-electron chi connectivity index (χ2n) is 5.66. The van der Waals surface area contributed by atoms with Crippen LogP contribution in [0, 0.1) is 0 Å². The lowest BCUT2D eigenvalue weighted by molar-refractivity contribution is 0.317. The summed E-state index contributed by atoms with van der Waals surface area (Å²) in [6, 6.07) is 13.4. The molecule has 0 radical (unpaired) electrons. The zero-order chi connectivity index (χ0) is 17.2. The summed E-state index contributed by atoms with van der Waals surface area (Å²) in [5, 5.41) is 5.70. The van der Waals surface area contributed by atoms with Gasteiger partial charge in [0.25, 0.3) is 5.89 Å². The zero-order valence-electron chi connectivity index (χ0n) is 13.6. The fraction of sp³-hybridized carbons (Fsp3) is 0.158. The van der Waals surface area contributed by atoms with Gasteiger partial charge in [0.15, 0.2) is 0 Å². The summed E-state index contributed by atoms with van der Waals surface area (Å²) in [6.07, 6.45) is 2.82. The van der Waals surface area contributed by atoms with Crippen LogP contribution in [0.5, 0.6) is 5.75 Å². The van der Waals surface area contributed by atoms with Gasteiger partial charge in [-0.2, -0.15) is 4.98 Å². The number of hydrogen-bond acceptors (Lipinski definition) is 4. The van der Waals surface area contributed by atoms with Crippen LogP contribution in [0.25, 0.3) is 33.7 Å². The third kappa shape index (κ3) is 2.98. The molecule has 6 heteroatoms. The van der Waals surface area contributed by atoms with Crippen LogP contribution in [0.15, 0.2) is 53.2 Å². The number of H-pyrrole nitrogens is 1. The van der Waals surface area contributed by atoms with E-state index in [0.717, 1.165) is 28.5 Å². The highest BCUT2D eigenvalue weighted by atomic mass is 35.5. The minimum atomic E-state index is 0.423. The van der Waals surface area contributed by atoms with Gasteiger partial charge in [0.2, 0.25) is 5.82 Å². The number of aromatic amines is 1. The first kappa shape index (κ1) is 15.7. The molecule has 0 atom stereocenters. The molecule has 0 saturated heterocycles. The van der Waals surface area contributed by atoms with E-state index in [2.05, 4.69) is 15.1 Å². The van der Waals surface area contributed by atoms with Gasteiger partial charge in [0.05, 0.1) is 11.6 Å². The fourth-order valence-corrected chi connectivity index (χ4v) is 2.93. The van der Waals surface area contributed by atoms with Gasteiger partial charge in [-0.25, -0.2) is 0 Å². The molecule has 25 heavy (non-hydrogen) atoms. The van der Waals surface area contributed by atoms with Gasteiger partial charge in [0, 0.05) is 28.2 Å². The van der Waals surface area contributed by atoms with Crippen LogP contribution in [0.1, 0.15) is 13.3 Å². The van der Waals surface area contributed by atoms with Gasteiger partial charge < -0.3 is 14.2 Å². The molecule has 4 aromatic rings. The van der Waals surface area contributed by atoms with Crippen LogP contribution < -0.4 is 4.74 Å². The molecule has 0 aliphatic heterocycles. The Bertz CT molecular complexity index is 1020. The molecule has 2 aromatic carbocycles. The number of fused-ring (bicyclic) bond motifs is 1. The molecule has 0 bridgehead atoms. The SMILES string of the molecule is CCCOc1ccc(-c2nc(-c3cccc4[nH]ccc34)no2)cc1Cl. The Kier molecular flexibility index (Phi) is 4.15. The molecule has 0 amide bonds. The van der Waals surface area contributed by atoms with Crippen molar-refractivity contribution in [3.8, 4) is 28.6 Å². The maximum Gasteiger partial charge on any atom is 0.258 e. The van der Waals surface area contributed by atoms with Crippen LogP contribution >= 0.6 is 11.6 Å². The summed E-state index contributed by atoms with van der Waals surface area (Å²) in [7, 11) is 0. The van der Waals surface area contributed by atoms with Crippen LogP contribution in [0.3, 0.4) is 0 Å². The Balaban J connectivity index is 1.67. The summed E-state index contributed by atoms with van der Waals surface area (Å²) in [4.78, 5) is 7.70. The first-order valence-corrected chi connectivity index (χ1v) is 8.47. The average molecular weight is 354 g/mol. The molecule has 0 aliphatic rings. The predicted octanol–water partition coefficient (Wildman–Crippen LogP) is 5.33. The molecule has 5 nitrogen and oxygen atoms in total. The minimum Gasteiger partial charge on any atom is -0.492 e. The third-order valence-corrected chi connectivity index (χ3v) is 4.20. The van der Waals surface area contributed by atoms with E-state index in [9.17, 15) is 0 Å². The Labute approximate surface area is 149 Å². The van der Waals surface area contributed by atoms with E-state index in [1.54, 1.807) is 6.07 Å². The van der Waals surface area contributed by atoms with Crippen LogP contribution in [-0.2, 0) is 0 Å². The Morgan fingerprint density at radius 3 is 2.96 bits per heavy atom. The van der Waals surface area contributed by atoms with Crippen molar-refractivity contribution in [2.75, 3.05) is 6.61 Å². The molecule has 0 saturated carbocycles. The highest BCUT2D eigenvalue weighted by Gasteiger charge is 2.14. The van der Waals surface area contributed by atoms with Gasteiger partial charge in [-0.15, -0.1) is 0 Å². The normalized spacial score (nSPS) is 11.1. The van der Waals surface area contributed by atoms with E-state index in [-0.39, 0.29) is 0 Å². The Hall–Kier alpha value is -2.79. The maximum absolute atomic E-state index is 6.28. The van der Waals surface area contributed by atoms with E-state index in [1.165, 1.54) is 0 Å². The summed E-state index contributed by atoms with van der Waals surface area (Å²) in [5.41, 5.74) is 2.71. The number of halogens is 1. The first-order chi connectivity index (χ1) is 12.3. The maximum atomic E-state index is 6.28. The lowest BCUT2D eigenvalue weighted by atomic mass is 10.1. The minimum absolute atomic E-state index is 0.423. The van der Waals surface area contributed by atoms with Gasteiger partial charge >= 0.3 is 0 Å². The van der Waals surface area contributed by atoms with Gasteiger partial charge in [-0.1, -0.05) is 35.8 Å². The van der Waals surface area contributed by atoms with Crippen molar-refractivity contribution in [3.63, 3.8) is 0 Å². The lowest BCUT2D eigenvalue weighted by Gasteiger charge is -2.06. The zero-order valence-corrected chi connectivity index (χ0v) is 14.4. The topological polar surface area (TPSA) is 63.9 Å². The van der Waals surface area contributed by atoms with Gasteiger partial charge in [-0.05, 0) is 36.8 Å². The molecule has 1 N–H and O–H groups in total. The third-order valence-electron chi connectivity index (χ3n) is 3.90. The van der Waals surface area contributed by atoms with Gasteiger partial charge in [0.1, 0.15) is 5.75 Å². The summed E-state index contributed by atoms with van der Waals surface area (Å²) >= 11 is 6.28. The van der Waals surface area contributed by atoms with Crippen LogP contribution in [-0.4, -0.2) is 21.7 Å². The number of nitrogens with zero attached hydrogens (tertiary/aromatic N) is 2. The van der Waals surface area contributed by atoms with Crippen molar-refractivity contribution in [1.82, 2.24) is 15.1 Å². The molecule has 2 heterocycles. The first-order valence-electron chi connectivity index (χ1n) is 8.09. The monoisotopic (exact) mass is 353 g/mol. The Morgan fingerprint density at radius 2 is 2.12 bits per heavy atom. The van der Waals surface area contributed by atoms with Crippen molar-refractivity contribution in [1.29, 1.82) is 0 Å². The van der Waals surface area contributed by atoms with Crippen molar-refractivity contribution in [3.05, 3.63) is 53.7 Å². The molecule has 126 valence electrons. The van der Waals surface area contributed by atoms with Crippen LogP contribution in [0.2, 0.25) is 5.02 Å². The van der Waals surface area contributed by atoms with Gasteiger partial charge in [-0.3, -0.25) is 0 Å². The average Bonchev–Trinajstić information content (AvgIpc) is 3.29. The molecular formula is C19H16ClN3O2. The molecule has 0 spiro atoms. The van der Waals surface area contributed by atoms with Crippen molar-refractivity contribution in [2.45, 2.75) is 13.3 Å². The lowest BCUT2D eigenvalue weighted by Crippen LogP contribution is -1.95. The summed E-state index contributed by atoms with van der Waals surface area (Å²) < 4.78 is 11.0. The standard InChI is InChI=1S/C19H16ClN3O2/c1-2-10-24-17-7-6-12(11-15(17)20)19-22-18(23-25-19)14-4-3-5-16-13(14)8-9-21-16/h3-9,11,21H,2,10H2,1H3. The van der Waals surface area contributed by atoms with E-state index < -0.39 is 0 Å². The fourth-order valence-electron chi connectivity index (χ4n) is 2.69. The van der Waals surface area contributed by atoms with E-state index in [0.29, 0.717) is 29.1 Å². The van der Waals surface area contributed by atoms with Crippen molar-refractivity contribution in [2.24, 2.45) is 0 Å². The van der Waals surface area contributed by atoms with Crippen molar-refractivity contribution < 1.29 is 9.26 Å². The molecule has 4 rings (SSSR count). The molecular weight excluding hydrogens is 338 g/mol. The van der Waals surface area contributed by atoms with E-state index in [1.807, 2.05) is 49.5 Å². The molecule has 0 unspecified atom stereocenters. The van der Waals surface area contributed by atoms with Crippen LogP contribution in [0.4, 0.5) is 0 Å². The highest BCUT2D eigenvalue weighted by molar-refractivity contribution is 6.32. The highest BCUT2D eigenvalue weighted by Crippen LogP contribution is 2.32. The predicted molar refractivity (Wildman–Crippen MR) is 97.8 cm³/mol. The quantitative estimate of drug-likeness (QED) is 0.527. The summed E-state index contributed by atoms with van der Waals surface area (Å²) in [5.74, 6) is 1.62. The largest absolute Gasteiger partial charge is 0.492 e. The number of benzene rings is 2. The summed E-state index contributed by atoms with van der Waals surface area (Å²) in [6.45, 7) is 2.68.